The number of carbonyl (C=O) groups is 2. The summed E-state index contributed by atoms with van der Waals surface area (Å²) in [5, 5.41) is 1.49. The van der Waals surface area contributed by atoms with Crippen LogP contribution in [-0.2, 0) is 9.59 Å². The van der Waals surface area contributed by atoms with Gasteiger partial charge in [0.05, 0.1) is 0 Å². The van der Waals surface area contributed by atoms with Crippen molar-refractivity contribution in [3.63, 3.8) is 0 Å². The van der Waals surface area contributed by atoms with E-state index < -0.39 is 0 Å². The van der Waals surface area contributed by atoms with Crippen LogP contribution in [0.15, 0.2) is 24.3 Å². The van der Waals surface area contributed by atoms with Crippen molar-refractivity contribution in [1.82, 2.24) is 15.3 Å². The van der Waals surface area contributed by atoms with E-state index >= 15 is 0 Å². The van der Waals surface area contributed by atoms with Crippen LogP contribution in [0.3, 0.4) is 0 Å². The number of aryl methyl sites for hydroxylation is 1. The summed E-state index contributed by atoms with van der Waals surface area (Å²) in [5.41, 5.74) is 5.32. The molecule has 0 aromatic heterocycles. The lowest BCUT2D eigenvalue weighted by molar-refractivity contribution is -0.143. The molecule has 0 saturated carbocycles. The number of nitrogens with zero attached hydrogens (tertiary/aromatic N) is 3. The zero-order valence-electron chi connectivity index (χ0n) is 15.0. The average Bonchev–Trinajstić information content (AvgIpc) is 2.62. The van der Waals surface area contributed by atoms with Crippen molar-refractivity contribution in [2.24, 2.45) is 0 Å². The van der Waals surface area contributed by atoms with E-state index in [1.54, 1.807) is 0 Å². The molecule has 1 aromatic rings. The molecule has 136 valence electrons. The smallest absolute Gasteiger partial charge is 0.240 e. The number of piperidine rings is 1. The second-order valence-electron chi connectivity index (χ2n) is 6.96. The number of rotatable bonds is 5. The van der Waals surface area contributed by atoms with Crippen LogP contribution in [-0.4, -0.2) is 61.0 Å². The molecule has 0 spiro atoms. The highest BCUT2D eigenvalue weighted by Gasteiger charge is 2.21. The van der Waals surface area contributed by atoms with Gasteiger partial charge in [-0.15, -0.1) is 0 Å². The molecule has 2 saturated heterocycles. The third-order valence-corrected chi connectivity index (χ3v) is 4.98. The quantitative estimate of drug-likeness (QED) is 0.881. The van der Waals surface area contributed by atoms with Gasteiger partial charge in [0.1, 0.15) is 0 Å². The number of carbonyl (C=O) groups excluding carboxylic acids is 2. The lowest BCUT2D eigenvalue weighted by Crippen LogP contribution is -2.50. The van der Waals surface area contributed by atoms with Crippen molar-refractivity contribution in [1.29, 1.82) is 0 Å². The predicted molar refractivity (Wildman–Crippen MR) is 98.2 cm³/mol. The van der Waals surface area contributed by atoms with Crippen LogP contribution in [0.25, 0.3) is 0 Å². The molecule has 0 radical (unpaired) electrons. The number of anilines is 1. The Hall–Kier alpha value is -2.08. The van der Waals surface area contributed by atoms with Crippen molar-refractivity contribution in [3.05, 3.63) is 29.8 Å². The van der Waals surface area contributed by atoms with Gasteiger partial charge in [-0.25, -0.2) is 0 Å². The van der Waals surface area contributed by atoms with Gasteiger partial charge in [-0.05, 0) is 37.5 Å². The molecule has 1 aromatic carbocycles. The summed E-state index contributed by atoms with van der Waals surface area (Å²) in [5.74, 6) is -0.0252. The summed E-state index contributed by atoms with van der Waals surface area (Å²) in [6, 6.07) is 8.60. The fourth-order valence-corrected chi connectivity index (χ4v) is 3.44. The Morgan fingerprint density at radius 2 is 1.92 bits per heavy atom. The molecular weight excluding hydrogens is 316 g/mol. The van der Waals surface area contributed by atoms with Crippen LogP contribution < -0.4 is 10.3 Å². The fourth-order valence-electron chi connectivity index (χ4n) is 3.44. The van der Waals surface area contributed by atoms with E-state index in [4.69, 9.17) is 0 Å². The van der Waals surface area contributed by atoms with Crippen LogP contribution in [0.5, 0.6) is 0 Å². The second kappa shape index (κ2) is 8.34. The summed E-state index contributed by atoms with van der Waals surface area (Å²) < 4.78 is 0. The molecule has 6 heteroatoms. The highest BCUT2D eigenvalue weighted by atomic mass is 16.2. The maximum atomic E-state index is 12.1. The molecule has 2 heterocycles. The van der Waals surface area contributed by atoms with E-state index in [1.807, 2.05) is 0 Å². The lowest BCUT2D eigenvalue weighted by atomic mass is 10.1. The summed E-state index contributed by atoms with van der Waals surface area (Å²) in [4.78, 5) is 28.5. The highest BCUT2D eigenvalue weighted by Crippen LogP contribution is 2.17. The molecule has 0 aliphatic carbocycles. The predicted octanol–water partition coefficient (Wildman–Crippen LogP) is 1.55. The Labute approximate surface area is 149 Å². The molecule has 0 bridgehead atoms. The van der Waals surface area contributed by atoms with Gasteiger partial charge in [-0.3, -0.25) is 24.9 Å². The number of hydrogen-bond donors (Lipinski definition) is 1. The number of hydrogen-bond acceptors (Lipinski definition) is 4. The Morgan fingerprint density at radius 3 is 2.64 bits per heavy atom. The molecule has 25 heavy (non-hydrogen) atoms. The Kier molecular flexibility index (Phi) is 5.91. The fraction of sp³-hybridized carbons (Fsp3) is 0.579. The van der Waals surface area contributed by atoms with Gasteiger partial charge in [-0.1, -0.05) is 12.1 Å². The minimum Gasteiger partial charge on any atom is -0.369 e. The number of nitrogens with one attached hydrogen (secondary N) is 1. The van der Waals surface area contributed by atoms with Gasteiger partial charge in [0, 0.05) is 57.8 Å². The standard InChI is InChI=1S/C19H28N4O2/c1-16-5-4-6-17(15-16)22-13-11-21(12-14-22)10-8-18(24)20-23-9-3-2-7-19(23)25/h4-6,15H,2-3,7-14H2,1H3,(H,20,24). The molecule has 1 N–H and O–H groups in total. The number of amides is 2. The van der Waals surface area contributed by atoms with E-state index in [1.165, 1.54) is 16.3 Å². The molecule has 3 rings (SSSR count). The lowest BCUT2D eigenvalue weighted by Gasteiger charge is -2.36. The molecule has 0 atom stereocenters. The molecular formula is C19H28N4O2. The zero-order valence-corrected chi connectivity index (χ0v) is 15.0. The first kappa shape index (κ1) is 17.7. The SMILES string of the molecule is Cc1cccc(N2CCN(CCC(=O)NN3CCCCC3=O)CC2)c1. The van der Waals surface area contributed by atoms with Crippen LogP contribution in [0.2, 0.25) is 0 Å². The average molecular weight is 344 g/mol. The van der Waals surface area contributed by atoms with Crippen molar-refractivity contribution in [3.8, 4) is 0 Å². The molecule has 0 unspecified atom stereocenters. The monoisotopic (exact) mass is 344 g/mol. The molecule has 2 aliphatic rings. The van der Waals surface area contributed by atoms with Gasteiger partial charge in [0.2, 0.25) is 11.8 Å². The summed E-state index contributed by atoms with van der Waals surface area (Å²) in [7, 11) is 0. The number of hydrazine groups is 1. The number of piperazine rings is 1. The summed E-state index contributed by atoms with van der Waals surface area (Å²) in [6.07, 6.45) is 2.87. The van der Waals surface area contributed by atoms with Gasteiger partial charge in [0.25, 0.3) is 0 Å². The molecule has 2 fully saturated rings. The van der Waals surface area contributed by atoms with Crippen molar-refractivity contribution in [2.45, 2.75) is 32.6 Å². The largest absolute Gasteiger partial charge is 0.369 e. The van der Waals surface area contributed by atoms with E-state index in [0.717, 1.165) is 45.6 Å². The number of benzene rings is 1. The van der Waals surface area contributed by atoms with E-state index in [9.17, 15) is 9.59 Å². The van der Waals surface area contributed by atoms with Crippen molar-refractivity contribution < 1.29 is 9.59 Å². The first-order valence-electron chi connectivity index (χ1n) is 9.25. The Morgan fingerprint density at radius 1 is 1.12 bits per heavy atom. The van der Waals surface area contributed by atoms with Crippen LogP contribution in [0.4, 0.5) is 5.69 Å². The third kappa shape index (κ3) is 4.95. The highest BCUT2D eigenvalue weighted by molar-refractivity contribution is 5.82. The van der Waals surface area contributed by atoms with Gasteiger partial charge in [-0.2, -0.15) is 0 Å². The van der Waals surface area contributed by atoms with Gasteiger partial charge in [0.15, 0.2) is 0 Å². The molecule has 6 nitrogen and oxygen atoms in total. The molecule has 2 amide bonds. The summed E-state index contributed by atoms with van der Waals surface area (Å²) in [6.45, 7) is 7.39. The molecule has 2 aliphatic heterocycles. The Balaban J connectivity index is 1.39. The van der Waals surface area contributed by atoms with Crippen LogP contribution in [0, 0.1) is 6.92 Å². The maximum Gasteiger partial charge on any atom is 0.240 e. The van der Waals surface area contributed by atoms with E-state index in [-0.39, 0.29) is 11.8 Å². The van der Waals surface area contributed by atoms with Crippen LogP contribution in [0.1, 0.15) is 31.2 Å². The maximum absolute atomic E-state index is 12.1. The van der Waals surface area contributed by atoms with Gasteiger partial charge < -0.3 is 4.90 Å². The second-order valence-corrected chi connectivity index (χ2v) is 6.96. The topological polar surface area (TPSA) is 55.9 Å². The van der Waals surface area contributed by atoms with Crippen molar-refractivity contribution >= 4 is 17.5 Å². The normalized spacial score (nSPS) is 19.2. The zero-order chi connectivity index (χ0) is 17.6. The van der Waals surface area contributed by atoms with Crippen molar-refractivity contribution in [2.75, 3.05) is 44.2 Å². The first-order chi connectivity index (χ1) is 12.1. The van der Waals surface area contributed by atoms with E-state index in [2.05, 4.69) is 46.4 Å². The summed E-state index contributed by atoms with van der Waals surface area (Å²) >= 11 is 0. The third-order valence-electron chi connectivity index (χ3n) is 4.98. The Bertz CT molecular complexity index is 611. The van der Waals surface area contributed by atoms with Crippen LogP contribution >= 0.6 is 0 Å². The first-order valence-corrected chi connectivity index (χ1v) is 9.25. The minimum absolute atomic E-state index is 0.0337. The minimum atomic E-state index is -0.0589. The van der Waals surface area contributed by atoms with Gasteiger partial charge >= 0.3 is 0 Å². The van der Waals surface area contributed by atoms with E-state index in [0.29, 0.717) is 19.4 Å².